The maximum atomic E-state index is 13.8. The van der Waals surface area contributed by atoms with Crippen molar-refractivity contribution in [3.8, 4) is 11.5 Å². The first-order chi connectivity index (χ1) is 20.3. The highest BCUT2D eigenvalue weighted by Crippen LogP contribution is 2.48. The quantitative estimate of drug-likeness (QED) is 0.424. The van der Waals surface area contributed by atoms with Crippen molar-refractivity contribution in [1.29, 1.82) is 0 Å². The number of amidine groups is 1. The zero-order valence-corrected chi connectivity index (χ0v) is 25.0. The number of hydrogen-bond acceptors (Lipinski definition) is 9. The van der Waals surface area contributed by atoms with Crippen LogP contribution in [0.5, 0.6) is 11.5 Å². The van der Waals surface area contributed by atoms with Crippen LogP contribution in [0, 0.1) is 0 Å². The van der Waals surface area contributed by atoms with Gasteiger partial charge in [0, 0.05) is 44.4 Å². The third kappa shape index (κ3) is 5.87. The summed E-state index contributed by atoms with van der Waals surface area (Å²) < 4.78 is 17.2. The van der Waals surface area contributed by atoms with E-state index in [-0.39, 0.29) is 24.8 Å². The van der Waals surface area contributed by atoms with E-state index in [4.69, 9.17) is 19.2 Å². The Morgan fingerprint density at radius 1 is 0.952 bits per heavy atom. The molecule has 3 aliphatic rings. The topological polar surface area (TPSA) is 101 Å². The molecule has 0 saturated carbocycles. The van der Waals surface area contributed by atoms with Gasteiger partial charge < -0.3 is 28.9 Å². The van der Waals surface area contributed by atoms with Gasteiger partial charge >= 0.3 is 5.97 Å². The van der Waals surface area contributed by atoms with E-state index in [1.807, 2.05) is 52.8 Å². The van der Waals surface area contributed by atoms with Gasteiger partial charge in [-0.15, -0.1) is 0 Å². The molecule has 2 aromatic rings. The summed E-state index contributed by atoms with van der Waals surface area (Å²) in [6, 6.07) is 14.3. The van der Waals surface area contributed by atoms with Crippen molar-refractivity contribution in [1.82, 2.24) is 14.7 Å². The Hall–Kier alpha value is -4.25. The average molecular weight is 591 g/mol. The second kappa shape index (κ2) is 12.7. The van der Waals surface area contributed by atoms with Gasteiger partial charge in [-0.2, -0.15) is 0 Å². The molecule has 0 N–H and O–H groups in total. The van der Waals surface area contributed by atoms with E-state index in [1.54, 1.807) is 43.9 Å². The maximum absolute atomic E-state index is 13.8. The monoisotopic (exact) mass is 590 g/mol. The predicted molar refractivity (Wildman–Crippen MR) is 160 cm³/mol. The average Bonchev–Trinajstić information content (AvgIpc) is 3.40. The van der Waals surface area contributed by atoms with Crippen LogP contribution in [0.25, 0.3) is 0 Å². The molecule has 5 rings (SSSR count). The number of hydrogen-bond donors (Lipinski definition) is 0. The molecular formula is C31H34N4O6S. The van der Waals surface area contributed by atoms with Crippen LogP contribution in [-0.2, 0) is 25.7 Å². The summed E-state index contributed by atoms with van der Waals surface area (Å²) in [5, 5.41) is 2.57. The van der Waals surface area contributed by atoms with Crippen molar-refractivity contribution in [3.63, 3.8) is 0 Å². The summed E-state index contributed by atoms with van der Waals surface area (Å²) in [4.78, 5) is 49.2. The molecule has 0 aromatic heterocycles. The zero-order chi connectivity index (χ0) is 29.8. The molecule has 10 nitrogen and oxygen atoms in total. The van der Waals surface area contributed by atoms with E-state index < -0.39 is 12.0 Å². The van der Waals surface area contributed by atoms with Crippen LogP contribution in [0.3, 0.4) is 0 Å². The highest BCUT2D eigenvalue weighted by Gasteiger charge is 2.43. The van der Waals surface area contributed by atoms with Crippen molar-refractivity contribution in [3.05, 3.63) is 82.0 Å². The normalized spacial score (nSPS) is 18.3. The highest BCUT2D eigenvalue weighted by molar-refractivity contribution is 8.16. The fourth-order valence-electron chi connectivity index (χ4n) is 5.39. The highest BCUT2D eigenvalue weighted by atomic mass is 32.2. The van der Waals surface area contributed by atoms with Crippen molar-refractivity contribution in [2.75, 3.05) is 40.4 Å². The van der Waals surface area contributed by atoms with Gasteiger partial charge in [-0.3, -0.25) is 9.59 Å². The Balaban J connectivity index is 1.47. The van der Waals surface area contributed by atoms with Gasteiger partial charge in [0.15, 0.2) is 16.7 Å². The molecule has 42 heavy (non-hydrogen) atoms. The lowest BCUT2D eigenvalue weighted by molar-refractivity contribution is -0.141. The Labute approximate surface area is 249 Å². The third-order valence-corrected chi connectivity index (χ3v) is 8.46. The summed E-state index contributed by atoms with van der Waals surface area (Å²) in [5.74, 6) is 0.454. The van der Waals surface area contributed by atoms with E-state index in [9.17, 15) is 14.4 Å². The van der Waals surface area contributed by atoms with Crippen LogP contribution in [0.4, 0.5) is 0 Å². The van der Waals surface area contributed by atoms with Crippen LogP contribution < -0.4 is 9.47 Å². The van der Waals surface area contributed by atoms with Gasteiger partial charge in [0.05, 0.1) is 38.0 Å². The van der Waals surface area contributed by atoms with Crippen LogP contribution in [-0.4, -0.2) is 78.0 Å². The van der Waals surface area contributed by atoms with Crippen molar-refractivity contribution < 1.29 is 28.6 Å². The molecule has 0 bridgehead atoms. The standard InChI is InChI=1S/C31H34N4O6S/c1-20-27(30(38)41-18-22-9-6-5-7-10-22)28(24-11-8-12-25(39-3)29(24)40-4)35-23(19-42-31(35)32-20)17-26(37)34-15-13-33(14-16-34)21(2)36/h5-12,19,28H,13-18H2,1-4H3/t28-/m1/s1. The smallest absolute Gasteiger partial charge is 0.338 e. The Kier molecular flexibility index (Phi) is 8.86. The molecular weight excluding hydrogens is 556 g/mol. The number of ether oxygens (including phenoxy) is 3. The van der Waals surface area contributed by atoms with Crippen LogP contribution in [0.1, 0.15) is 37.4 Å². The lowest BCUT2D eigenvalue weighted by Gasteiger charge is -2.38. The number of amides is 2. The minimum absolute atomic E-state index is 0.00934. The van der Waals surface area contributed by atoms with E-state index in [0.717, 1.165) is 5.56 Å². The molecule has 1 atom stereocenters. The number of methoxy groups -OCH3 is 2. The molecule has 1 saturated heterocycles. The van der Waals surface area contributed by atoms with Gasteiger partial charge in [0.1, 0.15) is 6.61 Å². The number of rotatable bonds is 8. The van der Waals surface area contributed by atoms with Gasteiger partial charge in [0.25, 0.3) is 0 Å². The number of piperazine rings is 1. The molecule has 1 fully saturated rings. The number of thioether (sulfide) groups is 1. The lowest BCUT2D eigenvalue weighted by Crippen LogP contribution is -2.50. The van der Waals surface area contributed by atoms with Crippen LogP contribution in [0.15, 0.2) is 75.9 Å². The Bertz CT molecular complexity index is 1460. The van der Waals surface area contributed by atoms with E-state index in [2.05, 4.69) is 0 Å². The summed E-state index contributed by atoms with van der Waals surface area (Å²) in [6.07, 6.45) is 0.111. The summed E-state index contributed by atoms with van der Waals surface area (Å²) in [6.45, 7) is 5.41. The fraction of sp³-hybridized carbons (Fsp3) is 0.355. The maximum Gasteiger partial charge on any atom is 0.338 e. The summed E-state index contributed by atoms with van der Waals surface area (Å²) in [5.41, 5.74) is 3.16. The summed E-state index contributed by atoms with van der Waals surface area (Å²) in [7, 11) is 3.12. The van der Waals surface area contributed by atoms with Gasteiger partial charge in [-0.1, -0.05) is 54.2 Å². The number of fused-ring (bicyclic) bond motifs is 1. The molecule has 3 aliphatic heterocycles. The van der Waals surface area contributed by atoms with Crippen molar-refractivity contribution >= 4 is 34.7 Å². The first kappa shape index (κ1) is 29.2. The molecule has 3 heterocycles. The lowest BCUT2D eigenvalue weighted by atomic mass is 9.92. The molecule has 2 amide bonds. The molecule has 11 heteroatoms. The van der Waals surface area contributed by atoms with Crippen molar-refractivity contribution in [2.24, 2.45) is 4.99 Å². The zero-order valence-electron chi connectivity index (χ0n) is 24.2. The first-order valence-corrected chi connectivity index (χ1v) is 14.6. The molecule has 2 aromatic carbocycles. The predicted octanol–water partition coefficient (Wildman–Crippen LogP) is 4.10. The Morgan fingerprint density at radius 3 is 2.33 bits per heavy atom. The Morgan fingerprint density at radius 2 is 1.67 bits per heavy atom. The number of para-hydroxylation sites is 1. The number of carbonyl (C=O) groups excluding carboxylic acids is 3. The second-order valence-electron chi connectivity index (χ2n) is 10.1. The minimum atomic E-state index is -0.672. The molecule has 0 spiro atoms. The van der Waals surface area contributed by atoms with Gasteiger partial charge in [0.2, 0.25) is 11.8 Å². The van der Waals surface area contributed by atoms with Crippen LogP contribution >= 0.6 is 11.8 Å². The van der Waals surface area contributed by atoms with Gasteiger partial charge in [-0.05, 0) is 24.0 Å². The number of benzene rings is 2. The molecule has 0 unspecified atom stereocenters. The molecule has 0 radical (unpaired) electrons. The number of esters is 1. The van der Waals surface area contributed by atoms with E-state index in [1.165, 1.54) is 11.8 Å². The number of nitrogens with zero attached hydrogens (tertiary/aromatic N) is 4. The van der Waals surface area contributed by atoms with E-state index in [0.29, 0.717) is 65.4 Å². The van der Waals surface area contributed by atoms with Gasteiger partial charge in [-0.25, -0.2) is 9.79 Å². The van der Waals surface area contributed by atoms with E-state index >= 15 is 0 Å². The number of allylic oxidation sites excluding steroid dienone is 1. The fourth-order valence-corrected chi connectivity index (χ4v) is 6.35. The SMILES string of the molecule is COc1cccc([C@@H]2C(C(=O)OCc3ccccc3)=C(C)N=C3SC=C(CC(=O)N4CCN(C(C)=O)CC4)N32)c1OC. The molecule has 0 aliphatic carbocycles. The van der Waals surface area contributed by atoms with Crippen LogP contribution in [0.2, 0.25) is 0 Å². The molecule has 220 valence electrons. The third-order valence-electron chi connectivity index (χ3n) is 7.57. The number of aliphatic imine (C=N–C) groups is 1. The van der Waals surface area contributed by atoms with Crippen molar-refractivity contribution in [2.45, 2.75) is 32.9 Å². The number of carbonyl (C=O) groups is 3. The first-order valence-electron chi connectivity index (χ1n) is 13.7. The summed E-state index contributed by atoms with van der Waals surface area (Å²) >= 11 is 1.41. The second-order valence-corrected chi connectivity index (χ2v) is 10.9. The minimum Gasteiger partial charge on any atom is -0.493 e. The largest absolute Gasteiger partial charge is 0.493 e.